The Morgan fingerprint density at radius 2 is 1.96 bits per heavy atom. The van der Waals surface area contributed by atoms with Crippen LogP contribution in [-0.4, -0.2) is 50.0 Å². The number of hydrogen-bond donors (Lipinski definition) is 0. The van der Waals surface area contributed by atoms with E-state index in [1.807, 2.05) is 13.0 Å². The van der Waals surface area contributed by atoms with Gasteiger partial charge < -0.3 is 19.3 Å². The van der Waals surface area contributed by atoms with E-state index in [4.69, 9.17) is 23.2 Å². The Labute approximate surface area is 153 Å². The average Bonchev–Trinajstić information content (AvgIpc) is 2.69. The lowest BCUT2D eigenvalue weighted by Crippen LogP contribution is -2.44. The van der Waals surface area contributed by atoms with Crippen molar-refractivity contribution in [2.45, 2.75) is 33.0 Å². The summed E-state index contributed by atoms with van der Waals surface area (Å²) >= 11 is 0. The molecule has 0 radical (unpaired) electrons. The number of rotatable bonds is 11. The number of carbonyl (C=O) groups is 1. The van der Waals surface area contributed by atoms with Crippen LogP contribution < -0.4 is 0 Å². The molecule has 1 aromatic rings. The standard InChI is InChI=1S/C18H29NO4/c1-4-17(16-10-8-7-9-11-16)18(20)23-15-14-22-13-12-19(21,5-2)6-3/h7-11,17H,4-6,12-15H2,1-3H3/i2D3,3D3,5D2,6D2. The lowest BCUT2D eigenvalue weighted by molar-refractivity contribution is -0.877. The van der Waals surface area contributed by atoms with Crippen molar-refractivity contribution in [1.29, 1.82) is 0 Å². The van der Waals surface area contributed by atoms with Crippen LogP contribution in [-0.2, 0) is 14.3 Å². The number of hydrogen-bond acceptors (Lipinski definition) is 4. The SMILES string of the molecule is [2H]C([2H])([2H])C([2H])([2H])[N+]([O-])(CCOCCOC(=O)C(CC)c1ccccc1)C([2H])([2H])C([2H])([2H])[2H]. The van der Waals surface area contributed by atoms with Gasteiger partial charge in [-0.3, -0.25) is 4.79 Å². The van der Waals surface area contributed by atoms with Gasteiger partial charge in [0.15, 0.2) is 0 Å². The van der Waals surface area contributed by atoms with E-state index >= 15 is 0 Å². The largest absolute Gasteiger partial charge is 0.633 e. The second-order valence-electron chi connectivity index (χ2n) is 4.84. The van der Waals surface area contributed by atoms with Gasteiger partial charge in [-0.2, -0.15) is 0 Å². The molecule has 1 aromatic carbocycles. The van der Waals surface area contributed by atoms with Crippen molar-refractivity contribution in [2.75, 3.05) is 39.4 Å². The topological polar surface area (TPSA) is 58.6 Å². The molecule has 0 fully saturated rings. The number of quaternary nitrogens is 1. The molecule has 0 bridgehead atoms. The summed E-state index contributed by atoms with van der Waals surface area (Å²) in [5.41, 5.74) is 0.776. The van der Waals surface area contributed by atoms with Gasteiger partial charge in [0.1, 0.15) is 13.2 Å². The fraction of sp³-hybridized carbons (Fsp3) is 0.611. The van der Waals surface area contributed by atoms with Crippen molar-refractivity contribution in [3.05, 3.63) is 41.1 Å². The summed E-state index contributed by atoms with van der Waals surface area (Å²) in [6.45, 7) is -15.2. The van der Waals surface area contributed by atoms with Crippen LogP contribution in [0.25, 0.3) is 0 Å². The maximum Gasteiger partial charge on any atom is 0.313 e. The van der Waals surface area contributed by atoms with Crippen molar-refractivity contribution in [3.8, 4) is 0 Å². The average molecular weight is 333 g/mol. The lowest BCUT2D eigenvalue weighted by atomic mass is 9.97. The zero-order valence-electron chi connectivity index (χ0n) is 23.1. The Hall–Kier alpha value is -1.43. The third-order valence-corrected chi connectivity index (χ3v) is 3.28. The third-order valence-electron chi connectivity index (χ3n) is 3.28. The molecular formula is C18H29NO4. The van der Waals surface area contributed by atoms with Crippen LogP contribution in [0.4, 0.5) is 0 Å². The zero-order chi connectivity index (χ0) is 25.7. The Kier molecular flexibility index (Phi) is 4.13. The van der Waals surface area contributed by atoms with Crippen molar-refractivity contribution in [1.82, 2.24) is 0 Å². The summed E-state index contributed by atoms with van der Waals surface area (Å²) in [6, 6.07) is 8.97. The quantitative estimate of drug-likeness (QED) is 0.270. The molecule has 0 aliphatic heterocycles. The summed E-state index contributed by atoms with van der Waals surface area (Å²) in [7, 11) is 0. The normalized spacial score (nSPS) is 21.7. The molecule has 130 valence electrons. The van der Waals surface area contributed by atoms with Gasteiger partial charge in [0, 0.05) is 8.22 Å². The van der Waals surface area contributed by atoms with E-state index < -0.39 is 56.4 Å². The van der Waals surface area contributed by atoms with Gasteiger partial charge >= 0.3 is 5.97 Å². The first-order valence-corrected chi connectivity index (χ1v) is 7.32. The maximum atomic E-state index is 13.2. The van der Waals surface area contributed by atoms with E-state index in [0.29, 0.717) is 6.42 Å². The molecule has 5 nitrogen and oxygen atoms in total. The van der Waals surface area contributed by atoms with Gasteiger partial charge in [0.05, 0.1) is 37.6 Å². The maximum absolute atomic E-state index is 13.2. The molecule has 0 saturated heterocycles. The minimum Gasteiger partial charge on any atom is -0.633 e. The molecule has 0 aliphatic rings. The molecule has 0 spiro atoms. The number of esters is 1. The highest BCUT2D eigenvalue weighted by Gasteiger charge is 2.19. The highest BCUT2D eigenvalue weighted by Crippen LogP contribution is 2.20. The Balaban J connectivity index is 2.76. The molecular weight excluding hydrogens is 294 g/mol. The van der Waals surface area contributed by atoms with E-state index in [2.05, 4.69) is 0 Å². The highest BCUT2D eigenvalue weighted by molar-refractivity contribution is 5.78. The molecule has 0 N–H and O–H groups in total. The van der Waals surface area contributed by atoms with Crippen LogP contribution in [0.3, 0.4) is 0 Å². The molecule has 0 aliphatic carbocycles. The number of carbonyl (C=O) groups excluding carboxylic acids is 1. The van der Waals surface area contributed by atoms with E-state index in [-0.39, 0.29) is 13.2 Å². The number of likely N-dealkylation sites (N-methyl/N-ethyl adjacent to an activating group) is 1. The number of hydroxylamine groups is 3. The lowest BCUT2D eigenvalue weighted by Gasteiger charge is -2.40. The Morgan fingerprint density at radius 3 is 2.57 bits per heavy atom. The number of benzene rings is 1. The van der Waals surface area contributed by atoms with Crippen LogP contribution in [0.1, 0.15) is 52.2 Å². The minimum atomic E-state index is -3.77. The first kappa shape index (κ1) is 9.16. The van der Waals surface area contributed by atoms with Crippen LogP contribution in [0.15, 0.2) is 30.3 Å². The molecule has 1 atom stereocenters. The van der Waals surface area contributed by atoms with Gasteiger partial charge in [0.2, 0.25) is 0 Å². The van der Waals surface area contributed by atoms with Crippen LogP contribution >= 0.6 is 0 Å². The number of ether oxygens (including phenoxy) is 2. The second-order valence-corrected chi connectivity index (χ2v) is 4.84. The molecule has 5 heteroatoms. The molecule has 0 saturated carbocycles. The van der Waals surface area contributed by atoms with Gasteiger partial charge in [0.25, 0.3) is 0 Å². The minimum absolute atomic E-state index is 0.223. The van der Waals surface area contributed by atoms with E-state index in [9.17, 15) is 10.0 Å². The van der Waals surface area contributed by atoms with Gasteiger partial charge in [-0.1, -0.05) is 37.3 Å². The molecule has 23 heavy (non-hydrogen) atoms. The van der Waals surface area contributed by atoms with Crippen molar-refractivity contribution < 1.29 is 32.6 Å². The summed E-state index contributed by atoms with van der Waals surface area (Å²) in [4.78, 5) is 12.3. The van der Waals surface area contributed by atoms with E-state index in [1.165, 1.54) is 0 Å². The first-order chi connectivity index (χ1) is 14.9. The van der Waals surface area contributed by atoms with E-state index in [1.54, 1.807) is 24.3 Å². The smallest absolute Gasteiger partial charge is 0.313 e. The second kappa shape index (κ2) is 10.4. The summed E-state index contributed by atoms with van der Waals surface area (Å²) in [5, 5.41) is 13.2. The van der Waals surface area contributed by atoms with Crippen LogP contribution in [0.5, 0.6) is 0 Å². The highest BCUT2D eigenvalue weighted by atomic mass is 16.6. The van der Waals surface area contributed by atoms with Crippen molar-refractivity contribution >= 4 is 5.97 Å². The fourth-order valence-corrected chi connectivity index (χ4v) is 1.96. The molecule has 0 heterocycles. The van der Waals surface area contributed by atoms with Gasteiger partial charge in [-0.25, -0.2) is 0 Å². The van der Waals surface area contributed by atoms with Crippen molar-refractivity contribution in [2.24, 2.45) is 0 Å². The number of nitrogens with zero attached hydrogens (tertiary/aromatic N) is 1. The molecule has 1 unspecified atom stereocenters. The third kappa shape index (κ3) is 6.69. The fourth-order valence-electron chi connectivity index (χ4n) is 1.96. The Morgan fingerprint density at radius 1 is 1.26 bits per heavy atom. The van der Waals surface area contributed by atoms with E-state index in [0.717, 1.165) is 5.56 Å². The monoisotopic (exact) mass is 333 g/mol. The van der Waals surface area contributed by atoms with Crippen LogP contribution in [0.2, 0.25) is 0 Å². The summed E-state index contributed by atoms with van der Waals surface area (Å²) in [5.74, 6) is -0.992. The van der Waals surface area contributed by atoms with Gasteiger partial charge in [-0.05, 0) is 25.7 Å². The predicted octanol–water partition coefficient (Wildman–Crippen LogP) is 3.09. The molecule has 0 aromatic heterocycles. The van der Waals surface area contributed by atoms with Crippen molar-refractivity contribution in [3.63, 3.8) is 0 Å². The first-order valence-electron chi connectivity index (χ1n) is 12.3. The van der Waals surface area contributed by atoms with Gasteiger partial charge in [-0.15, -0.1) is 0 Å². The zero-order valence-corrected chi connectivity index (χ0v) is 13.1. The Bertz CT molecular complexity index is 742. The van der Waals surface area contributed by atoms with Crippen LogP contribution in [0, 0.1) is 5.21 Å². The molecule has 1 rings (SSSR count). The predicted molar refractivity (Wildman–Crippen MR) is 90.8 cm³/mol. The molecule has 0 amide bonds. The summed E-state index contributed by atoms with van der Waals surface area (Å²) in [6.07, 6.45) is 0.494. The summed E-state index contributed by atoms with van der Waals surface area (Å²) < 4.78 is 82.2.